The third-order valence-corrected chi connectivity index (χ3v) is 5.11. The van der Waals surface area contributed by atoms with E-state index in [0.717, 1.165) is 25.7 Å². The summed E-state index contributed by atoms with van der Waals surface area (Å²) >= 11 is 3.19. The number of carbonyl (C=O) groups is 2. The molecule has 0 N–H and O–H groups in total. The predicted octanol–water partition coefficient (Wildman–Crippen LogP) is 2.55. The molecule has 4 rings (SSSR count). The highest BCUT2D eigenvalue weighted by Gasteiger charge is 2.54. The Morgan fingerprint density at radius 3 is 2.81 bits per heavy atom. The maximum absolute atomic E-state index is 12.0. The molecule has 0 aromatic rings. The normalized spacial score (nSPS) is 40.3. The molecule has 2 saturated carbocycles. The van der Waals surface area contributed by atoms with Crippen LogP contribution in [0.25, 0.3) is 0 Å². The summed E-state index contributed by atoms with van der Waals surface area (Å²) in [7, 11) is 0. The van der Waals surface area contributed by atoms with Crippen LogP contribution in [-0.2, 0) is 23.8 Å². The van der Waals surface area contributed by atoms with Gasteiger partial charge in [-0.05, 0) is 45.4 Å². The lowest BCUT2D eigenvalue weighted by molar-refractivity contribution is -0.229. The van der Waals surface area contributed by atoms with Gasteiger partial charge in [0.25, 0.3) is 0 Å². The van der Waals surface area contributed by atoms with Crippen LogP contribution in [0.2, 0.25) is 0 Å². The second-order valence-corrected chi connectivity index (χ2v) is 8.00. The minimum Gasteiger partial charge on any atom is -0.462 e. The second kappa shape index (κ2) is 5.54. The molecular weight excluding hydrogens is 340 g/mol. The quantitative estimate of drug-likeness (QED) is 0.438. The van der Waals surface area contributed by atoms with Gasteiger partial charge in [-0.2, -0.15) is 0 Å². The zero-order valence-electron chi connectivity index (χ0n) is 12.3. The van der Waals surface area contributed by atoms with Crippen LogP contribution >= 0.6 is 15.9 Å². The topological polar surface area (TPSA) is 61.8 Å². The minimum atomic E-state index is -0.608. The molecule has 4 bridgehead atoms. The predicted molar refractivity (Wildman–Crippen MR) is 77.7 cm³/mol. The highest BCUT2D eigenvalue weighted by atomic mass is 79.9. The maximum Gasteiger partial charge on any atom is 0.321 e. The van der Waals surface area contributed by atoms with Gasteiger partial charge in [-0.1, -0.05) is 15.9 Å². The van der Waals surface area contributed by atoms with Crippen LogP contribution < -0.4 is 0 Å². The van der Waals surface area contributed by atoms with E-state index in [9.17, 15) is 9.59 Å². The molecule has 2 aliphatic heterocycles. The van der Waals surface area contributed by atoms with Gasteiger partial charge < -0.3 is 14.2 Å². The molecule has 0 amide bonds. The third-order valence-electron chi connectivity index (χ3n) is 4.73. The van der Waals surface area contributed by atoms with Gasteiger partial charge in [-0.3, -0.25) is 9.59 Å². The Hall–Kier alpha value is -0.620. The molecule has 0 aromatic heterocycles. The fourth-order valence-corrected chi connectivity index (χ4v) is 4.26. The van der Waals surface area contributed by atoms with E-state index < -0.39 is 6.29 Å². The van der Waals surface area contributed by atoms with Crippen molar-refractivity contribution in [2.45, 2.75) is 68.8 Å². The van der Waals surface area contributed by atoms with Crippen LogP contribution in [0, 0.1) is 11.8 Å². The summed E-state index contributed by atoms with van der Waals surface area (Å²) in [6.45, 7) is 3.46. The number of hydrogen-bond donors (Lipinski definition) is 0. The van der Waals surface area contributed by atoms with Crippen LogP contribution in [0.1, 0.15) is 46.0 Å². The smallest absolute Gasteiger partial charge is 0.321 e. The molecule has 0 radical (unpaired) electrons. The summed E-state index contributed by atoms with van der Waals surface area (Å²) < 4.78 is 16.9. The SMILES string of the molecule is CC(OC(=O)C(C)Br)OC12CC3CC(C1)OC(=O)C(C3)C2. The van der Waals surface area contributed by atoms with E-state index in [0.29, 0.717) is 12.3 Å². The summed E-state index contributed by atoms with van der Waals surface area (Å²) in [6, 6.07) is 0. The molecule has 4 aliphatic rings. The molecule has 118 valence electrons. The number of rotatable bonds is 4. The van der Waals surface area contributed by atoms with Crippen molar-refractivity contribution in [3.05, 3.63) is 0 Å². The molecular formula is C15H21BrO5. The number of hydrogen-bond acceptors (Lipinski definition) is 5. The molecule has 0 aromatic carbocycles. The van der Waals surface area contributed by atoms with Gasteiger partial charge in [-0.25, -0.2) is 0 Å². The van der Waals surface area contributed by atoms with Crippen molar-refractivity contribution >= 4 is 27.9 Å². The number of alkyl halides is 1. The molecule has 6 unspecified atom stereocenters. The van der Waals surface area contributed by atoms with Crippen LogP contribution in [0.5, 0.6) is 0 Å². The summed E-state index contributed by atoms with van der Waals surface area (Å²) in [5.74, 6) is 0.00460. The number of fused-ring (bicyclic) bond motifs is 1. The fourth-order valence-electron chi connectivity index (χ4n) is 4.15. The number of halogens is 1. The van der Waals surface area contributed by atoms with Gasteiger partial charge in [0.05, 0.1) is 11.5 Å². The third kappa shape index (κ3) is 3.11. The van der Waals surface area contributed by atoms with Crippen LogP contribution in [0.15, 0.2) is 0 Å². The molecule has 2 heterocycles. The van der Waals surface area contributed by atoms with Crippen LogP contribution in [0.4, 0.5) is 0 Å². The summed E-state index contributed by atoms with van der Waals surface area (Å²) in [5.41, 5.74) is -0.377. The van der Waals surface area contributed by atoms with Gasteiger partial charge in [-0.15, -0.1) is 0 Å². The molecule has 6 atom stereocenters. The molecule has 0 spiro atoms. The van der Waals surface area contributed by atoms with Crippen molar-refractivity contribution < 1.29 is 23.8 Å². The maximum atomic E-state index is 12.0. The van der Waals surface area contributed by atoms with E-state index in [4.69, 9.17) is 14.2 Å². The van der Waals surface area contributed by atoms with Crippen molar-refractivity contribution in [1.82, 2.24) is 0 Å². The number of esters is 2. The second-order valence-electron chi connectivity index (χ2n) is 6.63. The van der Waals surface area contributed by atoms with Gasteiger partial charge >= 0.3 is 11.9 Å². The van der Waals surface area contributed by atoms with E-state index in [1.54, 1.807) is 13.8 Å². The lowest BCUT2D eigenvalue weighted by Gasteiger charge is -2.46. The highest BCUT2D eigenvalue weighted by molar-refractivity contribution is 9.10. The summed E-state index contributed by atoms with van der Waals surface area (Å²) in [5, 5.41) is 0. The van der Waals surface area contributed by atoms with E-state index in [-0.39, 0.29) is 34.4 Å². The van der Waals surface area contributed by atoms with E-state index >= 15 is 0 Å². The van der Waals surface area contributed by atoms with Crippen molar-refractivity contribution in [1.29, 1.82) is 0 Å². The Bertz CT molecular complexity index is 451. The fraction of sp³-hybridized carbons (Fsp3) is 0.867. The Morgan fingerprint density at radius 1 is 1.33 bits per heavy atom. The van der Waals surface area contributed by atoms with Gasteiger partial charge in [0.15, 0.2) is 0 Å². The summed E-state index contributed by atoms with van der Waals surface area (Å²) in [4.78, 5) is 23.3. The standard InChI is InChI=1S/C15H21BrO5/c1-8(16)13(17)19-9(2)21-15-5-10-3-11(6-15)14(18)20-12(4-10)7-15/h8-12H,3-7H2,1-2H3. The average Bonchev–Trinajstić information content (AvgIpc) is 2.51. The molecule has 4 fully saturated rings. The first-order valence-electron chi connectivity index (χ1n) is 7.60. The monoisotopic (exact) mass is 360 g/mol. The van der Waals surface area contributed by atoms with Gasteiger partial charge in [0, 0.05) is 6.42 Å². The zero-order valence-corrected chi connectivity index (χ0v) is 13.9. The first kappa shape index (κ1) is 15.3. The lowest BCUT2D eigenvalue weighted by atomic mass is 9.65. The first-order valence-corrected chi connectivity index (χ1v) is 8.51. The number of carbonyl (C=O) groups excluding carboxylic acids is 2. The van der Waals surface area contributed by atoms with Crippen molar-refractivity contribution in [3.63, 3.8) is 0 Å². The summed E-state index contributed by atoms with van der Waals surface area (Å²) in [6.07, 6.45) is 3.54. The zero-order chi connectivity index (χ0) is 15.2. The molecule has 6 heteroatoms. The molecule has 2 aliphatic carbocycles. The molecule has 21 heavy (non-hydrogen) atoms. The lowest BCUT2D eigenvalue weighted by Crippen LogP contribution is -2.49. The van der Waals surface area contributed by atoms with E-state index in [1.807, 2.05) is 0 Å². The number of ether oxygens (including phenoxy) is 3. The first-order chi connectivity index (χ1) is 9.87. The van der Waals surface area contributed by atoms with Crippen LogP contribution in [-0.4, -0.2) is 34.8 Å². The Labute approximate surface area is 132 Å². The van der Waals surface area contributed by atoms with E-state index in [1.165, 1.54) is 0 Å². The molecule has 5 nitrogen and oxygen atoms in total. The van der Waals surface area contributed by atoms with Gasteiger partial charge in [0.2, 0.25) is 6.29 Å². The van der Waals surface area contributed by atoms with E-state index in [2.05, 4.69) is 15.9 Å². The Morgan fingerprint density at radius 2 is 2.10 bits per heavy atom. The average molecular weight is 361 g/mol. The minimum absolute atomic E-state index is 0.0400. The van der Waals surface area contributed by atoms with Crippen molar-refractivity contribution in [2.24, 2.45) is 11.8 Å². The van der Waals surface area contributed by atoms with Crippen molar-refractivity contribution in [2.75, 3.05) is 0 Å². The largest absolute Gasteiger partial charge is 0.462 e. The van der Waals surface area contributed by atoms with Gasteiger partial charge in [0.1, 0.15) is 10.9 Å². The van der Waals surface area contributed by atoms with Crippen molar-refractivity contribution in [3.8, 4) is 0 Å². The molecule has 2 saturated heterocycles. The highest BCUT2D eigenvalue weighted by Crippen LogP contribution is 2.51. The van der Waals surface area contributed by atoms with Crippen LogP contribution in [0.3, 0.4) is 0 Å². The Balaban J connectivity index is 1.70. The Kier molecular flexibility index (Phi) is 4.03.